The van der Waals surface area contributed by atoms with E-state index in [0.29, 0.717) is 35.8 Å². The lowest BCUT2D eigenvalue weighted by molar-refractivity contribution is -0.137. The molecular weight excluding hydrogens is 598 g/mol. The molecule has 0 fully saturated rings. The standard InChI is InChI=1S/C42H47NO5/c1-3-5-8-11-32-14-19-35(20-15-32)36-21-16-33(17-22-36)12-13-34-18-27-40(38(30-34)31-43)48-42(45)37-23-25-39(26-24-37)46-28-9-6-7-10-29-47-41(44)4-2/h4,14-27,30-31,43H,2-3,5-13,28-29H2,1H3. The molecule has 48 heavy (non-hydrogen) atoms. The molecule has 0 atom stereocenters. The molecule has 4 aromatic rings. The van der Waals surface area contributed by atoms with Crippen LogP contribution in [0.15, 0.2) is 104 Å². The van der Waals surface area contributed by atoms with Crippen molar-refractivity contribution in [3.05, 3.63) is 131 Å². The fraction of sp³-hybridized carbons (Fsp3) is 0.310. The monoisotopic (exact) mass is 645 g/mol. The Balaban J connectivity index is 1.21. The number of hydrogen-bond acceptors (Lipinski definition) is 6. The number of benzene rings is 4. The number of aryl methyl sites for hydroxylation is 3. The SMILES string of the molecule is C=CC(=O)OCCCCCCOc1ccc(C(=O)Oc2ccc(CCc3ccc(-c4ccc(CCCCC)cc4)cc3)cc2C=N)cc1. The molecule has 4 rings (SSSR count). The number of hydrogen-bond donors (Lipinski definition) is 1. The van der Waals surface area contributed by atoms with Crippen LogP contribution in [-0.2, 0) is 28.8 Å². The van der Waals surface area contributed by atoms with Gasteiger partial charge in [-0.15, -0.1) is 0 Å². The molecule has 0 aromatic heterocycles. The lowest BCUT2D eigenvalue weighted by atomic mass is 9.98. The molecule has 6 nitrogen and oxygen atoms in total. The third kappa shape index (κ3) is 11.7. The summed E-state index contributed by atoms with van der Waals surface area (Å²) in [6, 6.07) is 30.2. The Morgan fingerprint density at radius 1 is 0.688 bits per heavy atom. The lowest BCUT2D eigenvalue weighted by Gasteiger charge is -2.11. The van der Waals surface area contributed by atoms with Gasteiger partial charge in [-0.05, 0) is 116 Å². The lowest BCUT2D eigenvalue weighted by Crippen LogP contribution is -2.10. The predicted molar refractivity (Wildman–Crippen MR) is 193 cm³/mol. The largest absolute Gasteiger partial charge is 0.494 e. The Kier molecular flexibility index (Phi) is 14.7. The summed E-state index contributed by atoms with van der Waals surface area (Å²) in [5.41, 5.74) is 7.14. The van der Waals surface area contributed by atoms with Crippen LogP contribution >= 0.6 is 0 Å². The van der Waals surface area contributed by atoms with E-state index in [4.69, 9.17) is 19.6 Å². The minimum absolute atomic E-state index is 0.360. The van der Waals surface area contributed by atoms with Crippen molar-refractivity contribution in [2.45, 2.75) is 71.1 Å². The zero-order chi connectivity index (χ0) is 34.0. The van der Waals surface area contributed by atoms with Crippen LogP contribution in [0, 0.1) is 5.41 Å². The molecule has 250 valence electrons. The van der Waals surface area contributed by atoms with Gasteiger partial charge >= 0.3 is 11.9 Å². The van der Waals surface area contributed by atoms with Crippen molar-refractivity contribution in [3.63, 3.8) is 0 Å². The van der Waals surface area contributed by atoms with Gasteiger partial charge in [-0.1, -0.05) is 80.9 Å². The molecule has 1 N–H and O–H groups in total. The van der Waals surface area contributed by atoms with Gasteiger partial charge < -0.3 is 19.6 Å². The third-order valence-electron chi connectivity index (χ3n) is 8.25. The minimum atomic E-state index is -0.485. The molecule has 4 aromatic carbocycles. The number of unbranched alkanes of at least 4 members (excludes halogenated alkanes) is 5. The van der Waals surface area contributed by atoms with E-state index in [1.807, 2.05) is 12.1 Å². The summed E-state index contributed by atoms with van der Waals surface area (Å²) < 4.78 is 16.4. The fourth-order valence-electron chi connectivity index (χ4n) is 5.38. The van der Waals surface area contributed by atoms with E-state index >= 15 is 0 Å². The van der Waals surface area contributed by atoms with E-state index in [-0.39, 0.29) is 0 Å². The Morgan fingerprint density at radius 3 is 1.92 bits per heavy atom. The van der Waals surface area contributed by atoms with Crippen LogP contribution in [-0.4, -0.2) is 31.4 Å². The highest BCUT2D eigenvalue weighted by molar-refractivity contribution is 5.93. The van der Waals surface area contributed by atoms with Crippen LogP contribution in [0.3, 0.4) is 0 Å². The molecule has 0 spiro atoms. The molecule has 0 aliphatic carbocycles. The summed E-state index contributed by atoms with van der Waals surface area (Å²) >= 11 is 0. The molecule has 6 heteroatoms. The van der Waals surface area contributed by atoms with Gasteiger partial charge in [-0.3, -0.25) is 0 Å². The van der Waals surface area contributed by atoms with E-state index in [9.17, 15) is 9.59 Å². The maximum atomic E-state index is 12.9. The molecule has 0 saturated carbocycles. The minimum Gasteiger partial charge on any atom is -0.494 e. The zero-order valence-corrected chi connectivity index (χ0v) is 28.0. The molecule has 0 amide bonds. The van der Waals surface area contributed by atoms with Gasteiger partial charge in [0.25, 0.3) is 0 Å². The maximum Gasteiger partial charge on any atom is 0.343 e. The van der Waals surface area contributed by atoms with Crippen molar-refractivity contribution in [1.82, 2.24) is 0 Å². The van der Waals surface area contributed by atoms with Crippen molar-refractivity contribution in [2.75, 3.05) is 13.2 Å². The molecule has 0 saturated heterocycles. The third-order valence-corrected chi connectivity index (χ3v) is 8.25. The number of esters is 2. The first-order valence-electron chi connectivity index (χ1n) is 17.0. The number of nitrogens with one attached hydrogen (secondary N) is 1. The van der Waals surface area contributed by atoms with E-state index in [1.54, 1.807) is 30.3 Å². The fourth-order valence-corrected chi connectivity index (χ4v) is 5.38. The topological polar surface area (TPSA) is 85.7 Å². The highest BCUT2D eigenvalue weighted by Gasteiger charge is 2.12. The van der Waals surface area contributed by atoms with Crippen molar-refractivity contribution in [1.29, 1.82) is 5.41 Å². The Labute approximate surface area is 285 Å². The van der Waals surface area contributed by atoms with E-state index in [0.717, 1.165) is 50.5 Å². The molecule has 0 aliphatic rings. The van der Waals surface area contributed by atoms with Gasteiger partial charge in [-0.2, -0.15) is 0 Å². The van der Waals surface area contributed by atoms with Crippen molar-refractivity contribution >= 4 is 18.2 Å². The molecule has 0 radical (unpaired) electrons. The number of ether oxygens (including phenoxy) is 3. The second-order valence-corrected chi connectivity index (χ2v) is 11.9. The summed E-state index contributed by atoms with van der Waals surface area (Å²) in [5, 5.41) is 7.91. The highest BCUT2D eigenvalue weighted by atomic mass is 16.5. The zero-order valence-electron chi connectivity index (χ0n) is 28.0. The molecule has 0 heterocycles. The van der Waals surface area contributed by atoms with E-state index in [1.165, 1.54) is 53.8 Å². The molecule has 0 bridgehead atoms. The predicted octanol–water partition coefficient (Wildman–Crippen LogP) is 9.76. The maximum absolute atomic E-state index is 12.9. The van der Waals surface area contributed by atoms with Crippen LogP contribution in [0.5, 0.6) is 11.5 Å². The Morgan fingerprint density at radius 2 is 1.29 bits per heavy atom. The first kappa shape index (κ1) is 35.9. The van der Waals surface area contributed by atoms with Crippen LogP contribution in [0.1, 0.15) is 84.5 Å². The summed E-state index contributed by atoms with van der Waals surface area (Å²) in [6.07, 6.45) is 12.6. The van der Waals surface area contributed by atoms with Gasteiger partial charge in [0.05, 0.1) is 18.8 Å². The summed E-state index contributed by atoms with van der Waals surface area (Å²) in [6.45, 7) is 6.57. The summed E-state index contributed by atoms with van der Waals surface area (Å²) in [7, 11) is 0. The van der Waals surface area contributed by atoms with Crippen molar-refractivity contribution in [3.8, 4) is 22.6 Å². The summed E-state index contributed by atoms with van der Waals surface area (Å²) in [5.74, 6) is 0.162. The highest BCUT2D eigenvalue weighted by Crippen LogP contribution is 2.24. The van der Waals surface area contributed by atoms with Gasteiger partial charge in [0, 0.05) is 17.9 Å². The van der Waals surface area contributed by atoms with Gasteiger partial charge in [0.15, 0.2) is 0 Å². The first-order chi connectivity index (χ1) is 23.5. The molecule has 0 aliphatic heterocycles. The van der Waals surface area contributed by atoms with Crippen LogP contribution < -0.4 is 9.47 Å². The Hall–Kier alpha value is -4.97. The van der Waals surface area contributed by atoms with E-state index < -0.39 is 11.9 Å². The smallest absolute Gasteiger partial charge is 0.343 e. The quantitative estimate of drug-likeness (QED) is 0.0340. The van der Waals surface area contributed by atoms with Crippen LogP contribution in [0.4, 0.5) is 0 Å². The van der Waals surface area contributed by atoms with Crippen LogP contribution in [0.2, 0.25) is 0 Å². The second kappa shape index (κ2) is 19.6. The van der Waals surface area contributed by atoms with Crippen LogP contribution in [0.25, 0.3) is 11.1 Å². The van der Waals surface area contributed by atoms with Crippen molar-refractivity contribution < 1.29 is 23.8 Å². The normalized spacial score (nSPS) is 10.7. The number of carbonyl (C=O) groups is 2. The van der Waals surface area contributed by atoms with Gasteiger partial charge in [-0.25, -0.2) is 9.59 Å². The Bertz CT molecular complexity index is 1610. The molecule has 0 unspecified atom stereocenters. The number of carbonyl (C=O) groups excluding carboxylic acids is 2. The van der Waals surface area contributed by atoms with E-state index in [2.05, 4.69) is 62.0 Å². The average molecular weight is 646 g/mol. The second-order valence-electron chi connectivity index (χ2n) is 11.9. The summed E-state index contributed by atoms with van der Waals surface area (Å²) in [4.78, 5) is 23.9. The molecular formula is C42H47NO5. The van der Waals surface area contributed by atoms with Gasteiger partial charge in [0.1, 0.15) is 11.5 Å². The van der Waals surface area contributed by atoms with Gasteiger partial charge in [0.2, 0.25) is 0 Å². The number of rotatable bonds is 20. The van der Waals surface area contributed by atoms with Crippen molar-refractivity contribution in [2.24, 2.45) is 0 Å². The average Bonchev–Trinajstić information content (AvgIpc) is 3.13. The first-order valence-corrected chi connectivity index (χ1v) is 17.0.